The van der Waals surface area contributed by atoms with E-state index in [9.17, 15) is 9.59 Å². The second kappa shape index (κ2) is 11.3. The zero-order chi connectivity index (χ0) is 31.1. The molecule has 0 bridgehead atoms. The first-order chi connectivity index (χ1) is 18.6. The van der Waals surface area contributed by atoms with E-state index in [1.807, 2.05) is 24.3 Å². The highest BCUT2D eigenvalue weighted by atomic mass is 35.5. The Morgan fingerprint density at radius 1 is 0.512 bits per heavy atom. The van der Waals surface area contributed by atoms with Crippen LogP contribution in [-0.2, 0) is 21.7 Å². The van der Waals surface area contributed by atoms with Crippen molar-refractivity contribution >= 4 is 23.5 Å². The molecule has 0 heterocycles. The Labute approximate surface area is 251 Å². The topological polar surface area (TPSA) is 52.6 Å². The molecule has 0 aromatic heterocycles. The first kappa shape index (κ1) is 32.4. The van der Waals surface area contributed by atoms with Crippen molar-refractivity contribution in [2.45, 2.75) is 105 Å². The third-order valence-corrected chi connectivity index (χ3v) is 7.43. The lowest BCUT2D eigenvalue weighted by Gasteiger charge is -2.26. The average Bonchev–Trinajstić information content (AvgIpc) is 2.83. The van der Waals surface area contributed by atoms with Crippen molar-refractivity contribution in [2.24, 2.45) is 0 Å². The molecule has 5 heteroatoms. The highest BCUT2D eigenvalue weighted by Gasteiger charge is 2.25. The molecular formula is C36H45ClO4. The van der Waals surface area contributed by atoms with Gasteiger partial charge in [-0.05, 0) is 80.3 Å². The summed E-state index contributed by atoms with van der Waals surface area (Å²) in [5.74, 6) is -0.660. The summed E-state index contributed by atoms with van der Waals surface area (Å²) in [6.07, 6.45) is 0. The van der Waals surface area contributed by atoms with Gasteiger partial charge in [0.1, 0.15) is 5.75 Å². The number of rotatable bonds is 4. The SMILES string of the molecule is CC(C)(C)c1cc(C(=O)Oc2ccc(Cl)c(OC(=O)c3cc(C(C)(C)C)cc(C(C)(C)C)c3)c2)cc(C(C)(C)C)c1. The van der Waals surface area contributed by atoms with Gasteiger partial charge in [0.2, 0.25) is 0 Å². The highest BCUT2D eigenvalue weighted by Crippen LogP contribution is 2.34. The van der Waals surface area contributed by atoms with E-state index in [0.717, 1.165) is 22.3 Å². The van der Waals surface area contributed by atoms with Crippen molar-refractivity contribution in [3.05, 3.63) is 93.0 Å². The monoisotopic (exact) mass is 576 g/mol. The maximum Gasteiger partial charge on any atom is 0.343 e. The summed E-state index contributed by atoms with van der Waals surface area (Å²) in [6, 6.07) is 16.4. The summed E-state index contributed by atoms with van der Waals surface area (Å²) in [6.45, 7) is 25.4. The van der Waals surface area contributed by atoms with Crippen LogP contribution in [0.25, 0.3) is 0 Å². The first-order valence-electron chi connectivity index (χ1n) is 14.1. The van der Waals surface area contributed by atoms with Gasteiger partial charge < -0.3 is 9.47 Å². The number of hydrogen-bond acceptors (Lipinski definition) is 4. The van der Waals surface area contributed by atoms with Crippen LogP contribution < -0.4 is 9.47 Å². The molecule has 4 nitrogen and oxygen atoms in total. The third kappa shape index (κ3) is 8.23. The van der Waals surface area contributed by atoms with Gasteiger partial charge in [0.25, 0.3) is 0 Å². The fraction of sp³-hybridized carbons (Fsp3) is 0.444. The smallest absolute Gasteiger partial charge is 0.343 e. The fourth-order valence-corrected chi connectivity index (χ4v) is 4.33. The van der Waals surface area contributed by atoms with E-state index in [-0.39, 0.29) is 38.2 Å². The van der Waals surface area contributed by atoms with Crippen molar-refractivity contribution in [3.8, 4) is 11.5 Å². The van der Waals surface area contributed by atoms with Crippen molar-refractivity contribution in [1.29, 1.82) is 0 Å². The Kier molecular flexibility index (Phi) is 8.92. The molecule has 0 spiro atoms. The largest absolute Gasteiger partial charge is 0.423 e. The van der Waals surface area contributed by atoms with Crippen LogP contribution in [-0.4, -0.2) is 11.9 Å². The standard InChI is InChI=1S/C36H45ClO4/c1-33(2,3)24-15-22(16-25(19-24)34(4,5)6)31(38)40-28-13-14-29(37)30(21-28)41-32(39)23-17-26(35(7,8)9)20-27(18-23)36(10,11)12/h13-21H,1-12H3. The van der Waals surface area contributed by atoms with Crippen molar-refractivity contribution < 1.29 is 19.1 Å². The molecule has 0 radical (unpaired) electrons. The highest BCUT2D eigenvalue weighted by molar-refractivity contribution is 6.32. The number of esters is 2. The predicted octanol–water partition coefficient (Wildman–Crippen LogP) is 9.97. The molecule has 0 unspecified atom stereocenters. The lowest BCUT2D eigenvalue weighted by molar-refractivity contribution is 0.0732. The van der Waals surface area contributed by atoms with Crippen LogP contribution >= 0.6 is 11.6 Å². The number of benzene rings is 3. The summed E-state index contributed by atoms with van der Waals surface area (Å²) in [5.41, 5.74) is 4.49. The van der Waals surface area contributed by atoms with E-state index in [2.05, 4.69) is 95.2 Å². The van der Waals surface area contributed by atoms with Gasteiger partial charge in [-0.2, -0.15) is 0 Å². The molecule has 3 aromatic rings. The van der Waals surface area contributed by atoms with Crippen LogP contribution in [0.5, 0.6) is 11.5 Å². The van der Waals surface area contributed by atoms with Gasteiger partial charge >= 0.3 is 11.9 Å². The maximum atomic E-state index is 13.4. The Morgan fingerprint density at radius 3 is 1.20 bits per heavy atom. The van der Waals surface area contributed by atoms with Crippen LogP contribution in [0.1, 0.15) is 126 Å². The number of hydrogen-bond donors (Lipinski definition) is 0. The fourth-order valence-electron chi connectivity index (χ4n) is 4.17. The molecule has 0 aliphatic heterocycles. The van der Waals surface area contributed by atoms with Crippen LogP contribution in [0.3, 0.4) is 0 Å². The quantitative estimate of drug-likeness (QED) is 0.229. The minimum Gasteiger partial charge on any atom is -0.423 e. The van der Waals surface area contributed by atoms with Gasteiger partial charge in [-0.15, -0.1) is 0 Å². The molecule has 3 aromatic carbocycles. The minimum atomic E-state index is -0.528. The van der Waals surface area contributed by atoms with E-state index in [4.69, 9.17) is 21.1 Å². The lowest BCUT2D eigenvalue weighted by Crippen LogP contribution is -2.19. The number of halogens is 1. The molecule has 0 amide bonds. The second-order valence-corrected chi connectivity index (χ2v) is 15.4. The molecular weight excluding hydrogens is 532 g/mol. The molecule has 0 N–H and O–H groups in total. The van der Waals surface area contributed by atoms with Gasteiger partial charge in [-0.25, -0.2) is 9.59 Å². The molecule has 0 saturated heterocycles. The molecule has 0 atom stereocenters. The van der Waals surface area contributed by atoms with Crippen LogP contribution in [0.4, 0.5) is 0 Å². The zero-order valence-corrected chi connectivity index (χ0v) is 27.5. The van der Waals surface area contributed by atoms with Gasteiger partial charge in [-0.3, -0.25) is 0 Å². The van der Waals surface area contributed by atoms with Crippen molar-refractivity contribution in [3.63, 3.8) is 0 Å². The molecule has 0 aliphatic carbocycles. The molecule has 0 saturated carbocycles. The summed E-state index contributed by atoms with van der Waals surface area (Å²) in [4.78, 5) is 26.7. The molecule has 0 aliphatic rings. The summed E-state index contributed by atoms with van der Waals surface area (Å²) in [5, 5.41) is 0.242. The van der Waals surface area contributed by atoms with Gasteiger partial charge in [0.15, 0.2) is 5.75 Å². The summed E-state index contributed by atoms with van der Waals surface area (Å²) >= 11 is 6.41. The predicted molar refractivity (Wildman–Crippen MR) is 169 cm³/mol. The van der Waals surface area contributed by atoms with Crippen molar-refractivity contribution in [1.82, 2.24) is 0 Å². The van der Waals surface area contributed by atoms with E-state index >= 15 is 0 Å². The Morgan fingerprint density at radius 2 is 0.854 bits per heavy atom. The van der Waals surface area contributed by atoms with E-state index in [0.29, 0.717) is 11.1 Å². The first-order valence-corrected chi connectivity index (χ1v) is 14.5. The summed E-state index contributed by atoms with van der Waals surface area (Å²) in [7, 11) is 0. The van der Waals surface area contributed by atoms with E-state index in [1.54, 1.807) is 12.1 Å². The molecule has 3 rings (SSSR count). The summed E-state index contributed by atoms with van der Waals surface area (Å²) < 4.78 is 11.5. The second-order valence-electron chi connectivity index (χ2n) is 15.0. The molecule has 41 heavy (non-hydrogen) atoms. The van der Waals surface area contributed by atoms with Crippen LogP contribution in [0, 0.1) is 0 Å². The minimum absolute atomic E-state index is 0.124. The van der Waals surface area contributed by atoms with Crippen LogP contribution in [0.15, 0.2) is 54.6 Å². The zero-order valence-electron chi connectivity index (χ0n) is 26.7. The maximum absolute atomic E-state index is 13.4. The normalized spacial score (nSPS) is 12.7. The number of carbonyl (C=O) groups excluding carboxylic acids is 2. The third-order valence-electron chi connectivity index (χ3n) is 7.12. The van der Waals surface area contributed by atoms with Gasteiger partial charge in [0.05, 0.1) is 16.1 Å². The molecule has 0 fully saturated rings. The number of carbonyl (C=O) groups is 2. The van der Waals surface area contributed by atoms with E-state index < -0.39 is 11.9 Å². The number of ether oxygens (including phenoxy) is 2. The Balaban J connectivity index is 1.93. The lowest BCUT2D eigenvalue weighted by atomic mass is 9.79. The Bertz CT molecular complexity index is 1390. The van der Waals surface area contributed by atoms with E-state index in [1.165, 1.54) is 6.07 Å². The molecule has 220 valence electrons. The van der Waals surface area contributed by atoms with Crippen LogP contribution in [0.2, 0.25) is 5.02 Å². The van der Waals surface area contributed by atoms with Crippen molar-refractivity contribution in [2.75, 3.05) is 0 Å². The average molecular weight is 577 g/mol. The Hall–Kier alpha value is -3.11. The van der Waals surface area contributed by atoms with Gasteiger partial charge in [-0.1, -0.05) is 107 Å². The van der Waals surface area contributed by atoms with Gasteiger partial charge in [0, 0.05) is 6.07 Å².